The van der Waals surface area contributed by atoms with Gasteiger partial charge in [-0.1, -0.05) is 6.92 Å². The van der Waals surface area contributed by atoms with Crippen molar-refractivity contribution < 1.29 is 9.90 Å². The second kappa shape index (κ2) is 3.29. The molecule has 2 unspecified atom stereocenters. The minimum Gasteiger partial charge on any atom is -0.481 e. The highest BCUT2D eigenvalue weighted by molar-refractivity contribution is 5.67. The maximum Gasteiger partial charge on any atom is 0.303 e. The van der Waals surface area contributed by atoms with E-state index in [1.807, 2.05) is 0 Å². The van der Waals surface area contributed by atoms with Crippen molar-refractivity contribution in [1.29, 1.82) is 0 Å². The van der Waals surface area contributed by atoms with Gasteiger partial charge in [-0.3, -0.25) is 9.69 Å². The standard InChI is InChI=1S/C10H17NO2/c1-7-2-3-9(7)11-5-8(6-11)4-10(12)13/h7-9H,2-6H2,1H3,(H,12,13). The molecule has 3 heteroatoms. The van der Waals surface area contributed by atoms with Crippen LogP contribution in [0.2, 0.25) is 0 Å². The van der Waals surface area contributed by atoms with Gasteiger partial charge in [0.25, 0.3) is 0 Å². The summed E-state index contributed by atoms with van der Waals surface area (Å²) in [4.78, 5) is 12.9. The molecule has 1 saturated heterocycles. The predicted octanol–water partition coefficient (Wildman–Crippen LogP) is 1.19. The number of carbonyl (C=O) groups is 1. The monoisotopic (exact) mass is 183 g/mol. The Hall–Kier alpha value is -0.570. The zero-order chi connectivity index (χ0) is 9.42. The van der Waals surface area contributed by atoms with E-state index in [4.69, 9.17) is 5.11 Å². The first-order chi connectivity index (χ1) is 6.16. The summed E-state index contributed by atoms with van der Waals surface area (Å²) >= 11 is 0. The number of rotatable bonds is 3. The van der Waals surface area contributed by atoms with Gasteiger partial charge in [0, 0.05) is 19.1 Å². The van der Waals surface area contributed by atoms with E-state index in [1.54, 1.807) is 0 Å². The molecule has 0 aromatic rings. The Bertz CT molecular complexity index is 211. The maximum absolute atomic E-state index is 10.4. The second-order valence-corrected chi connectivity index (χ2v) is 4.54. The van der Waals surface area contributed by atoms with Gasteiger partial charge >= 0.3 is 5.97 Å². The molecule has 0 aromatic carbocycles. The molecule has 2 atom stereocenters. The zero-order valence-corrected chi connectivity index (χ0v) is 8.07. The molecule has 1 saturated carbocycles. The van der Waals surface area contributed by atoms with Crippen LogP contribution in [0.15, 0.2) is 0 Å². The van der Waals surface area contributed by atoms with Gasteiger partial charge in [-0.25, -0.2) is 0 Å². The van der Waals surface area contributed by atoms with E-state index >= 15 is 0 Å². The minimum absolute atomic E-state index is 0.359. The Labute approximate surface area is 78.7 Å². The fourth-order valence-corrected chi connectivity index (χ4v) is 2.45. The predicted molar refractivity (Wildman–Crippen MR) is 49.5 cm³/mol. The molecular formula is C10H17NO2. The van der Waals surface area contributed by atoms with Crippen LogP contribution in [-0.2, 0) is 4.79 Å². The Morgan fingerprint density at radius 1 is 1.46 bits per heavy atom. The molecule has 13 heavy (non-hydrogen) atoms. The molecule has 1 N–H and O–H groups in total. The fraction of sp³-hybridized carbons (Fsp3) is 0.900. The topological polar surface area (TPSA) is 40.5 Å². The Morgan fingerprint density at radius 2 is 2.15 bits per heavy atom. The largest absolute Gasteiger partial charge is 0.481 e. The highest BCUT2D eigenvalue weighted by atomic mass is 16.4. The number of hydrogen-bond donors (Lipinski definition) is 1. The minimum atomic E-state index is -0.647. The molecule has 1 heterocycles. The Kier molecular flexibility index (Phi) is 2.28. The first kappa shape index (κ1) is 9.00. The second-order valence-electron chi connectivity index (χ2n) is 4.54. The van der Waals surface area contributed by atoms with Crippen LogP contribution in [0.3, 0.4) is 0 Å². The van der Waals surface area contributed by atoms with E-state index in [0.717, 1.165) is 25.0 Å². The molecule has 0 radical (unpaired) electrons. The van der Waals surface area contributed by atoms with E-state index in [0.29, 0.717) is 12.3 Å². The number of likely N-dealkylation sites (tertiary alicyclic amines) is 1. The Balaban J connectivity index is 1.69. The van der Waals surface area contributed by atoms with Crippen LogP contribution in [0.25, 0.3) is 0 Å². The van der Waals surface area contributed by atoms with Crippen LogP contribution in [0, 0.1) is 11.8 Å². The fourth-order valence-electron chi connectivity index (χ4n) is 2.45. The number of carboxylic acid groups (broad SMARTS) is 1. The third kappa shape index (κ3) is 1.70. The van der Waals surface area contributed by atoms with Crippen LogP contribution >= 0.6 is 0 Å². The molecule has 74 valence electrons. The molecule has 3 nitrogen and oxygen atoms in total. The highest BCUT2D eigenvalue weighted by Gasteiger charge is 2.39. The van der Waals surface area contributed by atoms with Gasteiger partial charge in [0.2, 0.25) is 0 Å². The number of nitrogens with zero attached hydrogens (tertiary/aromatic N) is 1. The third-order valence-corrected chi connectivity index (χ3v) is 3.49. The van der Waals surface area contributed by atoms with E-state index < -0.39 is 5.97 Å². The molecule has 0 amide bonds. The summed E-state index contributed by atoms with van der Waals surface area (Å²) in [5, 5.41) is 8.58. The van der Waals surface area contributed by atoms with Crippen molar-refractivity contribution >= 4 is 5.97 Å². The van der Waals surface area contributed by atoms with Crippen molar-refractivity contribution in [3.8, 4) is 0 Å². The van der Waals surface area contributed by atoms with E-state index in [1.165, 1.54) is 12.8 Å². The van der Waals surface area contributed by atoms with Gasteiger partial charge in [-0.05, 0) is 24.7 Å². The zero-order valence-electron chi connectivity index (χ0n) is 8.07. The molecule has 2 fully saturated rings. The molecule has 2 aliphatic rings. The number of carboxylic acids is 1. The quantitative estimate of drug-likeness (QED) is 0.714. The molecule has 0 spiro atoms. The highest BCUT2D eigenvalue weighted by Crippen LogP contribution is 2.36. The summed E-state index contributed by atoms with van der Waals surface area (Å²) in [5.74, 6) is 0.613. The van der Waals surface area contributed by atoms with Crippen LogP contribution in [-0.4, -0.2) is 35.1 Å². The number of aliphatic carboxylic acids is 1. The average molecular weight is 183 g/mol. The van der Waals surface area contributed by atoms with Crippen molar-refractivity contribution in [2.45, 2.75) is 32.2 Å². The van der Waals surface area contributed by atoms with Gasteiger partial charge in [0.1, 0.15) is 0 Å². The Morgan fingerprint density at radius 3 is 2.54 bits per heavy atom. The number of hydrogen-bond acceptors (Lipinski definition) is 2. The molecule has 1 aliphatic heterocycles. The summed E-state index contributed by atoms with van der Waals surface area (Å²) in [7, 11) is 0. The van der Waals surface area contributed by atoms with Gasteiger partial charge in [0.05, 0.1) is 6.42 Å². The maximum atomic E-state index is 10.4. The van der Waals surface area contributed by atoms with Gasteiger partial charge < -0.3 is 5.11 Å². The SMILES string of the molecule is CC1CCC1N1CC(CC(=O)O)C1. The summed E-state index contributed by atoms with van der Waals surface area (Å²) in [6.45, 7) is 4.32. The van der Waals surface area contributed by atoms with Crippen molar-refractivity contribution in [3.05, 3.63) is 0 Å². The van der Waals surface area contributed by atoms with E-state index in [9.17, 15) is 4.79 Å². The van der Waals surface area contributed by atoms with Crippen LogP contribution in [0.1, 0.15) is 26.2 Å². The summed E-state index contributed by atoms with van der Waals surface area (Å²) in [5.41, 5.74) is 0. The summed E-state index contributed by atoms with van der Waals surface area (Å²) < 4.78 is 0. The summed E-state index contributed by atoms with van der Waals surface area (Å²) in [6, 6.07) is 0.769. The first-order valence-electron chi connectivity index (χ1n) is 5.12. The van der Waals surface area contributed by atoms with Crippen molar-refractivity contribution in [2.24, 2.45) is 11.8 Å². The van der Waals surface area contributed by atoms with Crippen molar-refractivity contribution in [3.63, 3.8) is 0 Å². The molecule has 2 rings (SSSR count). The summed E-state index contributed by atoms with van der Waals surface area (Å²) in [6.07, 6.45) is 3.03. The van der Waals surface area contributed by atoms with E-state index in [-0.39, 0.29) is 0 Å². The van der Waals surface area contributed by atoms with Crippen LogP contribution in [0.4, 0.5) is 0 Å². The van der Waals surface area contributed by atoms with Crippen LogP contribution < -0.4 is 0 Å². The lowest BCUT2D eigenvalue weighted by atomic mass is 9.77. The normalized spacial score (nSPS) is 35.2. The lowest BCUT2D eigenvalue weighted by molar-refractivity contribution is -0.140. The van der Waals surface area contributed by atoms with Gasteiger partial charge in [0.15, 0.2) is 0 Å². The smallest absolute Gasteiger partial charge is 0.303 e. The average Bonchev–Trinajstić information content (AvgIpc) is 1.97. The lowest BCUT2D eigenvalue weighted by Gasteiger charge is -2.50. The molecular weight excluding hydrogens is 166 g/mol. The van der Waals surface area contributed by atoms with E-state index in [2.05, 4.69) is 11.8 Å². The van der Waals surface area contributed by atoms with Gasteiger partial charge in [-0.15, -0.1) is 0 Å². The molecule has 0 bridgehead atoms. The van der Waals surface area contributed by atoms with Crippen molar-refractivity contribution in [1.82, 2.24) is 4.90 Å². The molecule has 1 aliphatic carbocycles. The van der Waals surface area contributed by atoms with Gasteiger partial charge in [-0.2, -0.15) is 0 Å². The third-order valence-electron chi connectivity index (χ3n) is 3.49. The lowest BCUT2D eigenvalue weighted by Crippen LogP contribution is -2.57. The van der Waals surface area contributed by atoms with Crippen LogP contribution in [0.5, 0.6) is 0 Å². The van der Waals surface area contributed by atoms with Crippen molar-refractivity contribution in [2.75, 3.05) is 13.1 Å². The first-order valence-corrected chi connectivity index (χ1v) is 5.12. The molecule has 0 aromatic heterocycles.